The Bertz CT molecular complexity index is 1430. The van der Waals surface area contributed by atoms with E-state index in [1.54, 1.807) is 12.1 Å². The summed E-state index contributed by atoms with van der Waals surface area (Å²) in [4.78, 5) is 24.5. The largest absolute Gasteiger partial charge is 0.508 e. The highest BCUT2D eigenvalue weighted by atomic mass is 19.1. The third kappa shape index (κ3) is 4.78. The minimum Gasteiger partial charge on any atom is -0.508 e. The molecule has 9 heteroatoms. The van der Waals surface area contributed by atoms with Crippen LogP contribution in [0.3, 0.4) is 0 Å². The first-order chi connectivity index (χ1) is 16.9. The van der Waals surface area contributed by atoms with E-state index in [1.807, 2.05) is 7.05 Å². The summed E-state index contributed by atoms with van der Waals surface area (Å²) in [7, 11) is 1.95. The summed E-state index contributed by atoms with van der Waals surface area (Å²) >= 11 is 0. The summed E-state index contributed by atoms with van der Waals surface area (Å²) in [5, 5.41) is 13.6. The normalized spacial score (nSPS) is 15.8. The van der Waals surface area contributed by atoms with Gasteiger partial charge in [-0.1, -0.05) is 6.07 Å². The fourth-order valence-corrected chi connectivity index (χ4v) is 4.72. The molecular weight excluding hydrogens is 452 g/mol. The summed E-state index contributed by atoms with van der Waals surface area (Å²) in [6.45, 7) is 2.08. The number of aromatic nitrogens is 3. The second kappa shape index (κ2) is 9.52. The van der Waals surface area contributed by atoms with Gasteiger partial charge >= 0.3 is 0 Å². The summed E-state index contributed by atoms with van der Waals surface area (Å²) in [5.41, 5.74) is 1.67. The Morgan fingerprint density at radius 1 is 1.17 bits per heavy atom. The number of halogens is 2. The van der Waals surface area contributed by atoms with Gasteiger partial charge in [-0.25, -0.2) is 18.7 Å². The van der Waals surface area contributed by atoms with Crippen LogP contribution in [0.2, 0.25) is 0 Å². The standard InChI is InChI=1S/C26H25F2N5O2/c1-32(13-19-4-3-7-29-19)14-23-22(16-8-17(27)10-18(28)9-16)12-30-25-24(23)26(35)33(15-31-25)20-5-2-6-21(34)11-20/h2,5-6,8-12,15,19,29,34H,3-4,7,13-14H2,1H3/t19-/m0/s1. The number of hydrogen-bond donors (Lipinski definition) is 2. The SMILES string of the molecule is CN(Cc1c(-c2cc(F)cc(F)c2)cnc2ncn(-c3cccc(O)c3)c(=O)c12)C[C@@H]1CCCN1. The maximum atomic E-state index is 14.1. The lowest BCUT2D eigenvalue weighted by molar-refractivity contribution is 0.294. The molecule has 2 aromatic heterocycles. The van der Waals surface area contributed by atoms with Gasteiger partial charge < -0.3 is 15.3 Å². The number of hydrogen-bond acceptors (Lipinski definition) is 6. The molecule has 1 aliphatic heterocycles. The van der Waals surface area contributed by atoms with Gasteiger partial charge in [-0.15, -0.1) is 0 Å². The van der Waals surface area contributed by atoms with E-state index in [0.29, 0.717) is 35.0 Å². The van der Waals surface area contributed by atoms with Gasteiger partial charge in [0, 0.05) is 43.0 Å². The van der Waals surface area contributed by atoms with Crippen LogP contribution in [-0.4, -0.2) is 50.7 Å². The van der Waals surface area contributed by atoms with Crippen LogP contribution in [0.25, 0.3) is 27.8 Å². The van der Waals surface area contributed by atoms with Gasteiger partial charge in [-0.2, -0.15) is 0 Å². The van der Waals surface area contributed by atoms with Crippen LogP contribution < -0.4 is 10.9 Å². The summed E-state index contributed by atoms with van der Waals surface area (Å²) in [5.74, 6) is -1.41. The Labute approximate surface area is 200 Å². The maximum absolute atomic E-state index is 14.1. The number of likely N-dealkylation sites (N-methyl/N-ethyl adjacent to an activating group) is 1. The predicted octanol–water partition coefficient (Wildman–Crippen LogP) is 3.62. The van der Waals surface area contributed by atoms with Crippen molar-refractivity contribution in [2.45, 2.75) is 25.4 Å². The molecular formula is C26H25F2N5O2. The molecule has 35 heavy (non-hydrogen) atoms. The Balaban J connectivity index is 1.70. The van der Waals surface area contributed by atoms with Gasteiger partial charge in [0.2, 0.25) is 0 Å². The van der Waals surface area contributed by atoms with Crippen LogP contribution >= 0.6 is 0 Å². The third-order valence-electron chi connectivity index (χ3n) is 6.30. The van der Waals surface area contributed by atoms with Crippen LogP contribution in [0.15, 0.2) is 59.8 Å². The molecule has 1 fully saturated rings. The van der Waals surface area contributed by atoms with Crippen molar-refractivity contribution in [3.8, 4) is 22.6 Å². The molecule has 1 aliphatic rings. The number of nitrogens with one attached hydrogen (secondary N) is 1. The van der Waals surface area contributed by atoms with E-state index in [4.69, 9.17) is 0 Å². The monoisotopic (exact) mass is 477 g/mol. The average Bonchev–Trinajstić information content (AvgIpc) is 3.31. The van der Waals surface area contributed by atoms with Crippen molar-refractivity contribution in [1.82, 2.24) is 24.8 Å². The number of aromatic hydroxyl groups is 1. The van der Waals surface area contributed by atoms with E-state index in [9.17, 15) is 18.7 Å². The molecule has 0 unspecified atom stereocenters. The van der Waals surface area contributed by atoms with Gasteiger partial charge in [-0.05, 0) is 61.8 Å². The molecule has 0 aliphatic carbocycles. The molecule has 4 aromatic rings. The lowest BCUT2D eigenvalue weighted by Crippen LogP contribution is -2.35. The van der Waals surface area contributed by atoms with Crippen LogP contribution in [0.5, 0.6) is 5.75 Å². The fraction of sp³-hybridized carbons (Fsp3) is 0.269. The molecule has 1 atom stereocenters. The van der Waals surface area contributed by atoms with E-state index >= 15 is 0 Å². The van der Waals surface area contributed by atoms with Gasteiger partial charge in [0.25, 0.3) is 5.56 Å². The summed E-state index contributed by atoms with van der Waals surface area (Å²) < 4.78 is 29.6. The van der Waals surface area contributed by atoms with Gasteiger partial charge in [0.1, 0.15) is 23.7 Å². The molecule has 0 amide bonds. The second-order valence-corrected chi connectivity index (χ2v) is 8.94. The van der Waals surface area contributed by atoms with Crippen molar-refractivity contribution in [2.24, 2.45) is 0 Å². The Morgan fingerprint density at radius 3 is 2.69 bits per heavy atom. The van der Waals surface area contributed by atoms with E-state index in [-0.39, 0.29) is 22.3 Å². The van der Waals surface area contributed by atoms with Crippen LogP contribution in [0, 0.1) is 11.6 Å². The number of phenolic OH excluding ortho intramolecular Hbond substituents is 1. The summed E-state index contributed by atoms with van der Waals surface area (Å²) in [6.07, 6.45) is 5.06. The number of rotatable bonds is 6. The highest BCUT2D eigenvalue weighted by molar-refractivity contribution is 5.85. The Kier molecular flexibility index (Phi) is 6.27. The van der Waals surface area contributed by atoms with Crippen molar-refractivity contribution in [2.75, 3.05) is 20.1 Å². The number of phenols is 1. The highest BCUT2D eigenvalue weighted by Crippen LogP contribution is 2.29. The van der Waals surface area contributed by atoms with E-state index in [1.165, 1.54) is 41.4 Å². The lowest BCUT2D eigenvalue weighted by Gasteiger charge is -2.23. The molecule has 2 aromatic carbocycles. The van der Waals surface area contributed by atoms with E-state index < -0.39 is 11.6 Å². The molecule has 180 valence electrons. The molecule has 1 saturated heterocycles. The zero-order chi connectivity index (χ0) is 24.5. The van der Waals surface area contributed by atoms with Crippen LogP contribution in [0.4, 0.5) is 8.78 Å². The highest BCUT2D eigenvalue weighted by Gasteiger charge is 2.21. The molecule has 0 spiro atoms. The zero-order valence-corrected chi connectivity index (χ0v) is 19.2. The average molecular weight is 478 g/mol. The number of nitrogens with zero attached hydrogens (tertiary/aromatic N) is 4. The summed E-state index contributed by atoms with van der Waals surface area (Å²) in [6, 6.07) is 9.91. The maximum Gasteiger partial charge on any atom is 0.267 e. The van der Waals surface area contributed by atoms with E-state index in [2.05, 4.69) is 20.2 Å². The second-order valence-electron chi connectivity index (χ2n) is 8.94. The molecule has 7 nitrogen and oxygen atoms in total. The van der Waals surface area contributed by atoms with Crippen molar-refractivity contribution < 1.29 is 13.9 Å². The van der Waals surface area contributed by atoms with Crippen LogP contribution in [-0.2, 0) is 6.54 Å². The minimum atomic E-state index is -0.710. The predicted molar refractivity (Wildman–Crippen MR) is 130 cm³/mol. The molecule has 0 saturated carbocycles. The molecule has 0 radical (unpaired) electrons. The van der Waals surface area contributed by atoms with Crippen molar-refractivity contribution in [3.63, 3.8) is 0 Å². The zero-order valence-electron chi connectivity index (χ0n) is 19.2. The van der Waals surface area contributed by atoms with Crippen molar-refractivity contribution in [3.05, 3.63) is 82.5 Å². The first kappa shape index (κ1) is 23.1. The smallest absolute Gasteiger partial charge is 0.267 e. The Hall–Kier alpha value is -3.69. The van der Waals surface area contributed by atoms with Crippen molar-refractivity contribution in [1.29, 1.82) is 0 Å². The van der Waals surface area contributed by atoms with Crippen LogP contribution in [0.1, 0.15) is 18.4 Å². The van der Waals surface area contributed by atoms with Gasteiger partial charge in [0.05, 0.1) is 11.1 Å². The molecule has 0 bridgehead atoms. The first-order valence-electron chi connectivity index (χ1n) is 11.5. The lowest BCUT2D eigenvalue weighted by atomic mass is 9.98. The third-order valence-corrected chi connectivity index (χ3v) is 6.30. The van der Waals surface area contributed by atoms with Gasteiger partial charge in [0.15, 0.2) is 5.65 Å². The number of fused-ring (bicyclic) bond motifs is 1. The van der Waals surface area contributed by atoms with Gasteiger partial charge in [-0.3, -0.25) is 9.36 Å². The molecule has 2 N–H and O–H groups in total. The topological polar surface area (TPSA) is 83.3 Å². The number of benzene rings is 2. The quantitative estimate of drug-likeness (QED) is 0.442. The Morgan fingerprint density at radius 2 is 1.97 bits per heavy atom. The van der Waals surface area contributed by atoms with E-state index in [0.717, 1.165) is 32.0 Å². The number of pyridine rings is 1. The minimum absolute atomic E-state index is 0.0145. The molecule has 5 rings (SSSR count). The molecule has 3 heterocycles. The van der Waals surface area contributed by atoms with Crippen molar-refractivity contribution >= 4 is 11.0 Å². The first-order valence-corrected chi connectivity index (χ1v) is 11.5. The fourth-order valence-electron chi connectivity index (χ4n) is 4.72.